The number of amides is 1. The fourth-order valence-corrected chi connectivity index (χ4v) is 3.74. The normalized spacial score (nSPS) is 13.1. The van der Waals surface area contributed by atoms with E-state index in [1.807, 2.05) is 13.8 Å². The predicted molar refractivity (Wildman–Crippen MR) is 102 cm³/mol. The van der Waals surface area contributed by atoms with Gasteiger partial charge in [0.2, 0.25) is 5.91 Å². The highest BCUT2D eigenvalue weighted by molar-refractivity contribution is 7.90. The van der Waals surface area contributed by atoms with Crippen molar-refractivity contribution >= 4 is 51.4 Å². The molecular formula is C15H23Cl3N2O3S. The molecule has 0 aliphatic carbocycles. The Labute approximate surface area is 159 Å². The highest BCUT2D eigenvalue weighted by atomic mass is 35.5. The van der Waals surface area contributed by atoms with Crippen molar-refractivity contribution in [2.45, 2.75) is 31.7 Å². The first-order chi connectivity index (χ1) is 10.4. The van der Waals surface area contributed by atoms with Gasteiger partial charge in [-0.1, -0.05) is 43.1 Å². The lowest BCUT2D eigenvalue weighted by Crippen LogP contribution is -2.46. The number of benzene rings is 1. The molecule has 0 aromatic heterocycles. The van der Waals surface area contributed by atoms with Crippen molar-refractivity contribution in [3.8, 4) is 0 Å². The standard InChI is InChI=1S/C15H22Cl2N2O3S.ClH/c1-15(2,13-10(16)5-4-6-11(13)17)9-19-14(20)12(18)7-8-23(3,21)22;/h4-6,12H,7-9,18H2,1-3H3,(H,19,20);1H. The lowest BCUT2D eigenvalue weighted by atomic mass is 9.84. The molecule has 1 aromatic carbocycles. The van der Waals surface area contributed by atoms with Crippen LogP contribution < -0.4 is 11.1 Å². The van der Waals surface area contributed by atoms with E-state index in [-0.39, 0.29) is 31.1 Å². The van der Waals surface area contributed by atoms with Crippen molar-refractivity contribution in [2.24, 2.45) is 5.73 Å². The van der Waals surface area contributed by atoms with Gasteiger partial charge in [0, 0.05) is 28.3 Å². The summed E-state index contributed by atoms with van der Waals surface area (Å²) in [4.78, 5) is 12.0. The number of carbonyl (C=O) groups excluding carboxylic acids is 1. The molecule has 0 fully saturated rings. The van der Waals surface area contributed by atoms with Crippen LogP contribution in [0.4, 0.5) is 0 Å². The molecule has 0 radical (unpaired) electrons. The molecule has 9 heteroatoms. The van der Waals surface area contributed by atoms with Gasteiger partial charge < -0.3 is 11.1 Å². The van der Waals surface area contributed by atoms with Gasteiger partial charge in [-0.05, 0) is 24.1 Å². The Balaban J connectivity index is 0.00000529. The third-order valence-electron chi connectivity index (χ3n) is 3.48. The maximum absolute atomic E-state index is 12.0. The Morgan fingerprint density at radius 3 is 2.25 bits per heavy atom. The van der Waals surface area contributed by atoms with Crippen LogP contribution in [0, 0.1) is 0 Å². The summed E-state index contributed by atoms with van der Waals surface area (Å²) < 4.78 is 22.2. The van der Waals surface area contributed by atoms with Crippen molar-refractivity contribution in [1.29, 1.82) is 0 Å². The fourth-order valence-electron chi connectivity index (χ4n) is 2.14. The largest absolute Gasteiger partial charge is 0.354 e. The second-order valence-electron chi connectivity index (χ2n) is 6.22. The molecule has 24 heavy (non-hydrogen) atoms. The van der Waals surface area contributed by atoms with Gasteiger partial charge in [-0.2, -0.15) is 0 Å². The zero-order chi connectivity index (χ0) is 17.8. The van der Waals surface area contributed by atoms with E-state index in [1.54, 1.807) is 18.2 Å². The third kappa shape index (κ3) is 7.15. The van der Waals surface area contributed by atoms with E-state index < -0.39 is 27.2 Å². The van der Waals surface area contributed by atoms with E-state index in [2.05, 4.69) is 5.32 Å². The maximum Gasteiger partial charge on any atom is 0.236 e. The van der Waals surface area contributed by atoms with Crippen LogP contribution in [0.2, 0.25) is 10.0 Å². The molecule has 5 nitrogen and oxygen atoms in total. The van der Waals surface area contributed by atoms with Crippen molar-refractivity contribution < 1.29 is 13.2 Å². The predicted octanol–water partition coefficient (Wildman–Crippen LogP) is 2.57. The molecule has 0 aliphatic rings. The van der Waals surface area contributed by atoms with Gasteiger partial charge in [-0.25, -0.2) is 8.42 Å². The second kappa shape index (κ2) is 9.25. The van der Waals surface area contributed by atoms with Crippen LogP contribution in [0.3, 0.4) is 0 Å². The third-order valence-corrected chi connectivity index (χ3v) is 5.09. The molecule has 0 heterocycles. The molecule has 1 rings (SSSR count). The number of nitrogens with one attached hydrogen (secondary N) is 1. The Kier molecular flexibility index (Phi) is 9.04. The van der Waals surface area contributed by atoms with Crippen LogP contribution in [0.25, 0.3) is 0 Å². The smallest absolute Gasteiger partial charge is 0.236 e. The van der Waals surface area contributed by atoms with Crippen LogP contribution in [-0.4, -0.2) is 38.9 Å². The van der Waals surface area contributed by atoms with E-state index in [0.717, 1.165) is 11.8 Å². The van der Waals surface area contributed by atoms with Crippen molar-refractivity contribution in [3.63, 3.8) is 0 Å². The van der Waals surface area contributed by atoms with Crippen molar-refractivity contribution in [1.82, 2.24) is 5.32 Å². The van der Waals surface area contributed by atoms with E-state index in [1.165, 1.54) is 0 Å². The Morgan fingerprint density at radius 1 is 1.29 bits per heavy atom. The summed E-state index contributed by atoms with van der Waals surface area (Å²) in [7, 11) is -3.15. The second-order valence-corrected chi connectivity index (χ2v) is 9.30. The molecule has 0 aliphatic heterocycles. The average molecular weight is 418 g/mol. The molecule has 0 bridgehead atoms. The van der Waals surface area contributed by atoms with Gasteiger partial charge in [-0.15, -0.1) is 12.4 Å². The van der Waals surface area contributed by atoms with Crippen LogP contribution in [0.1, 0.15) is 25.8 Å². The van der Waals surface area contributed by atoms with Crippen molar-refractivity contribution in [3.05, 3.63) is 33.8 Å². The number of hydrogen-bond acceptors (Lipinski definition) is 4. The average Bonchev–Trinajstić information content (AvgIpc) is 2.41. The molecule has 138 valence electrons. The zero-order valence-corrected chi connectivity index (χ0v) is 17.0. The quantitative estimate of drug-likeness (QED) is 0.713. The van der Waals surface area contributed by atoms with Crippen LogP contribution in [-0.2, 0) is 20.0 Å². The van der Waals surface area contributed by atoms with Crippen molar-refractivity contribution in [2.75, 3.05) is 18.6 Å². The zero-order valence-electron chi connectivity index (χ0n) is 13.8. The number of rotatable bonds is 7. The van der Waals surface area contributed by atoms with Crippen LogP contribution in [0.15, 0.2) is 18.2 Å². The molecule has 1 unspecified atom stereocenters. The molecular weight excluding hydrogens is 395 g/mol. The minimum absolute atomic E-state index is 0. The number of nitrogens with two attached hydrogens (primary N) is 1. The van der Waals surface area contributed by atoms with Gasteiger partial charge in [0.15, 0.2) is 0 Å². The molecule has 1 aromatic rings. The fraction of sp³-hybridized carbons (Fsp3) is 0.533. The summed E-state index contributed by atoms with van der Waals surface area (Å²) >= 11 is 12.4. The first-order valence-corrected chi connectivity index (χ1v) is 9.91. The van der Waals surface area contributed by atoms with E-state index in [0.29, 0.717) is 10.0 Å². The summed E-state index contributed by atoms with van der Waals surface area (Å²) in [5, 5.41) is 3.79. The first kappa shape index (κ1) is 23.5. The molecule has 0 saturated carbocycles. The minimum Gasteiger partial charge on any atom is -0.354 e. The summed E-state index contributed by atoms with van der Waals surface area (Å²) in [5.74, 6) is -0.522. The number of hydrogen-bond donors (Lipinski definition) is 2. The molecule has 1 atom stereocenters. The van der Waals surface area contributed by atoms with E-state index in [9.17, 15) is 13.2 Å². The molecule has 0 spiro atoms. The van der Waals surface area contributed by atoms with Gasteiger partial charge in [-0.3, -0.25) is 4.79 Å². The van der Waals surface area contributed by atoms with E-state index >= 15 is 0 Å². The number of halogens is 3. The Morgan fingerprint density at radius 2 is 1.79 bits per heavy atom. The van der Waals surface area contributed by atoms with Gasteiger partial charge in [0.05, 0.1) is 11.8 Å². The number of sulfone groups is 1. The Bertz CT molecular complexity index is 658. The summed E-state index contributed by atoms with van der Waals surface area (Å²) in [5.41, 5.74) is 5.97. The highest BCUT2D eigenvalue weighted by Crippen LogP contribution is 2.35. The summed E-state index contributed by atoms with van der Waals surface area (Å²) in [6, 6.07) is 4.36. The van der Waals surface area contributed by atoms with Gasteiger partial charge >= 0.3 is 0 Å². The molecule has 3 N–H and O–H groups in total. The van der Waals surface area contributed by atoms with Gasteiger partial charge in [0.25, 0.3) is 0 Å². The minimum atomic E-state index is -3.15. The summed E-state index contributed by atoms with van der Waals surface area (Å²) in [6.45, 7) is 4.09. The first-order valence-electron chi connectivity index (χ1n) is 7.09. The van der Waals surface area contributed by atoms with E-state index in [4.69, 9.17) is 28.9 Å². The lowest BCUT2D eigenvalue weighted by Gasteiger charge is -2.28. The highest BCUT2D eigenvalue weighted by Gasteiger charge is 2.27. The van der Waals surface area contributed by atoms with Crippen LogP contribution >= 0.6 is 35.6 Å². The SMILES string of the molecule is CC(C)(CNC(=O)C(N)CCS(C)(=O)=O)c1c(Cl)cccc1Cl.Cl. The molecule has 0 saturated heterocycles. The summed E-state index contributed by atoms with van der Waals surface area (Å²) in [6.07, 6.45) is 1.19. The topological polar surface area (TPSA) is 89.3 Å². The number of carbonyl (C=O) groups is 1. The van der Waals surface area contributed by atoms with Crippen LogP contribution in [0.5, 0.6) is 0 Å². The lowest BCUT2D eigenvalue weighted by molar-refractivity contribution is -0.122. The Hall–Kier alpha value is -0.530. The molecule has 1 amide bonds. The monoisotopic (exact) mass is 416 g/mol. The maximum atomic E-state index is 12.0. The van der Waals surface area contributed by atoms with Gasteiger partial charge in [0.1, 0.15) is 9.84 Å².